The van der Waals surface area contributed by atoms with E-state index in [4.69, 9.17) is 4.74 Å². The third kappa shape index (κ3) is 6.01. The third-order valence-corrected chi connectivity index (χ3v) is 4.32. The summed E-state index contributed by atoms with van der Waals surface area (Å²) >= 11 is 1.68. The second-order valence-electron chi connectivity index (χ2n) is 5.77. The molecule has 2 heterocycles. The lowest BCUT2D eigenvalue weighted by atomic mass is 10.2. The van der Waals surface area contributed by atoms with Gasteiger partial charge in [0.05, 0.1) is 25.4 Å². The van der Waals surface area contributed by atoms with Crippen molar-refractivity contribution >= 4 is 17.3 Å². The van der Waals surface area contributed by atoms with Crippen LogP contribution in [0.1, 0.15) is 49.9 Å². The van der Waals surface area contributed by atoms with Gasteiger partial charge in [-0.3, -0.25) is 0 Å². The fourth-order valence-corrected chi connectivity index (χ4v) is 3.04. The zero-order valence-corrected chi connectivity index (χ0v) is 16.2. The lowest BCUT2D eigenvalue weighted by Crippen LogP contribution is -2.36. The summed E-state index contributed by atoms with van der Waals surface area (Å²) in [6.07, 6.45) is 1.73. The molecule has 0 fully saturated rings. The number of rotatable bonds is 8. The molecule has 25 heavy (non-hydrogen) atoms. The Morgan fingerprint density at radius 3 is 2.84 bits per heavy atom. The largest absolute Gasteiger partial charge is 0.478 e. The summed E-state index contributed by atoms with van der Waals surface area (Å²) in [6, 6.07) is 3.89. The molecule has 2 aromatic rings. The Bertz CT molecular complexity index is 684. The summed E-state index contributed by atoms with van der Waals surface area (Å²) in [5, 5.41) is 9.78. The topological polar surface area (TPSA) is 71.4 Å². The van der Waals surface area contributed by atoms with Gasteiger partial charge in [0.1, 0.15) is 5.01 Å². The normalized spacial score (nSPS) is 11.6. The monoisotopic (exact) mass is 361 g/mol. The van der Waals surface area contributed by atoms with Gasteiger partial charge in [-0.25, -0.2) is 15.0 Å². The van der Waals surface area contributed by atoms with Gasteiger partial charge in [0.25, 0.3) is 0 Å². The van der Waals surface area contributed by atoms with Crippen molar-refractivity contribution in [2.24, 2.45) is 4.99 Å². The predicted molar refractivity (Wildman–Crippen MR) is 103 cm³/mol. The van der Waals surface area contributed by atoms with E-state index in [0.717, 1.165) is 28.8 Å². The lowest BCUT2D eigenvalue weighted by molar-refractivity contribution is 0.323. The Morgan fingerprint density at radius 1 is 1.32 bits per heavy atom. The van der Waals surface area contributed by atoms with Crippen molar-refractivity contribution < 1.29 is 4.74 Å². The predicted octanol–water partition coefficient (Wildman–Crippen LogP) is 3.32. The number of ether oxygens (including phenoxy) is 1. The van der Waals surface area contributed by atoms with Gasteiger partial charge in [-0.05, 0) is 25.8 Å². The van der Waals surface area contributed by atoms with Crippen LogP contribution in [-0.2, 0) is 13.1 Å². The van der Waals surface area contributed by atoms with Gasteiger partial charge in [-0.2, -0.15) is 0 Å². The van der Waals surface area contributed by atoms with Gasteiger partial charge in [-0.1, -0.05) is 19.9 Å². The molecule has 0 aliphatic carbocycles. The molecule has 0 aliphatic rings. The van der Waals surface area contributed by atoms with Crippen LogP contribution < -0.4 is 15.4 Å². The second-order valence-corrected chi connectivity index (χ2v) is 6.71. The molecule has 0 spiro atoms. The molecule has 136 valence electrons. The van der Waals surface area contributed by atoms with Crippen LogP contribution in [0.15, 0.2) is 28.7 Å². The number of pyridine rings is 1. The highest BCUT2D eigenvalue weighted by molar-refractivity contribution is 7.09. The second kappa shape index (κ2) is 9.98. The maximum absolute atomic E-state index is 5.55. The molecule has 0 bridgehead atoms. The molecule has 0 aliphatic heterocycles. The minimum Gasteiger partial charge on any atom is -0.478 e. The number of thiazole rings is 1. The van der Waals surface area contributed by atoms with E-state index in [1.165, 1.54) is 0 Å². The van der Waals surface area contributed by atoms with Gasteiger partial charge in [-0.15, -0.1) is 11.3 Å². The highest BCUT2D eigenvalue weighted by Crippen LogP contribution is 2.18. The molecule has 0 amide bonds. The molecule has 6 nitrogen and oxygen atoms in total. The molecule has 0 aromatic carbocycles. The Kier molecular flexibility index (Phi) is 7.66. The zero-order chi connectivity index (χ0) is 18.1. The van der Waals surface area contributed by atoms with Crippen LogP contribution in [0.2, 0.25) is 0 Å². The summed E-state index contributed by atoms with van der Waals surface area (Å²) < 4.78 is 5.55. The third-order valence-electron chi connectivity index (χ3n) is 3.45. The quantitative estimate of drug-likeness (QED) is 0.557. The number of hydrogen-bond acceptors (Lipinski definition) is 5. The Balaban J connectivity index is 2.00. The molecule has 2 aromatic heterocycles. The van der Waals surface area contributed by atoms with E-state index in [-0.39, 0.29) is 0 Å². The van der Waals surface area contributed by atoms with Gasteiger partial charge in [0, 0.05) is 23.7 Å². The summed E-state index contributed by atoms with van der Waals surface area (Å²) in [4.78, 5) is 13.5. The van der Waals surface area contributed by atoms with E-state index in [9.17, 15) is 0 Å². The number of aliphatic imine (C=N–C) groups is 1. The van der Waals surface area contributed by atoms with Crippen LogP contribution in [0.4, 0.5) is 0 Å². The van der Waals surface area contributed by atoms with Crippen molar-refractivity contribution in [1.82, 2.24) is 20.6 Å². The SMILES string of the molecule is CCNC(=NCc1cccnc1OCC)NCc1nc(C(C)C)cs1. The number of guanidine groups is 1. The van der Waals surface area contributed by atoms with Crippen molar-refractivity contribution in [1.29, 1.82) is 0 Å². The van der Waals surface area contributed by atoms with Crippen molar-refractivity contribution in [3.63, 3.8) is 0 Å². The summed E-state index contributed by atoms with van der Waals surface area (Å²) in [6.45, 7) is 10.9. The van der Waals surface area contributed by atoms with Crippen LogP contribution in [0, 0.1) is 0 Å². The first-order valence-electron chi connectivity index (χ1n) is 8.67. The smallest absolute Gasteiger partial charge is 0.218 e. The average molecular weight is 362 g/mol. The van der Waals surface area contributed by atoms with Crippen molar-refractivity contribution in [3.8, 4) is 5.88 Å². The molecule has 0 radical (unpaired) electrons. The standard InChI is InChI=1S/C18H27N5OS/c1-5-19-18(22-11-16-23-15(12-25-16)13(3)4)21-10-14-8-7-9-20-17(14)24-6-2/h7-9,12-13H,5-6,10-11H2,1-4H3,(H2,19,21,22). The highest BCUT2D eigenvalue weighted by atomic mass is 32.1. The Labute approximate surface area is 153 Å². The molecule has 0 saturated heterocycles. The Morgan fingerprint density at radius 2 is 2.16 bits per heavy atom. The van der Waals surface area contributed by atoms with Crippen LogP contribution in [0.25, 0.3) is 0 Å². The lowest BCUT2D eigenvalue weighted by Gasteiger charge is -2.11. The molecular formula is C18H27N5OS. The van der Waals surface area contributed by atoms with E-state index < -0.39 is 0 Å². The summed E-state index contributed by atoms with van der Waals surface area (Å²) in [7, 11) is 0. The van der Waals surface area contributed by atoms with Gasteiger partial charge >= 0.3 is 0 Å². The first-order chi connectivity index (χ1) is 12.1. The van der Waals surface area contributed by atoms with Crippen molar-refractivity contribution in [2.45, 2.75) is 46.7 Å². The van der Waals surface area contributed by atoms with Crippen LogP contribution >= 0.6 is 11.3 Å². The van der Waals surface area contributed by atoms with E-state index in [1.807, 2.05) is 26.0 Å². The maximum atomic E-state index is 5.55. The molecule has 2 rings (SSSR count). The van der Waals surface area contributed by atoms with Gasteiger partial charge < -0.3 is 15.4 Å². The van der Waals surface area contributed by atoms with Crippen LogP contribution in [0.5, 0.6) is 5.88 Å². The van der Waals surface area contributed by atoms with E-state index in [0.29, 0.717) is 31.5 Å². The minimum absolute atomic E-state index is 0.453. The molecule has 7 heteroatoms. The fourth-order valence-electron chi connectivity index (χ4n) is 2.15. The molecule has 0 atom stereocenters. The van der Waals surface area contributed by atoms with Crippen molar-refractivity contribution in [3.05, 3.63) is 40.0 Å². The minimum atomic E-state index is 0.453. The van der Waals surface area contributed by atoms with Crippen molar-refractivity contribution in [2.75, 3.05) is 13.2 Å². The Hall–Kier alpha value is -2.15. The van der Waals surface area contributed by atoms with Crippen LogP contribution in [-0.4, -0.2) is 29.1 Å². The maximum Gasteiger partial charge on any atom is 0.218 e. The van der Waals surface area contributed by atoms with Gasteiger partial charge in [0.2, 0.25) is 5.88 Å². The summed E-state index contributed by atoms with van der Waals surface area (Å²) in [5.41, 5.74) is 2.11. The van der Waals surface area contributed by atoms with E-state index in [1.54, 1.807) is 17.5 Å². The number of nitrogens with one attached hydrogen (secondary N) is 2. The number of aromatic nitrogens is 2. The number of hydrogen-bond donors (Lipinski definition) is 2. The zero-order valence-electron chi connectivity index (χ0n) is 15.4. The molecular weight excluding hydrogens is 334 g/mol. The first kappa shape index (κ1) is 19.2. The average Bonchev–Trinajstić information content (AvgIpc) is 3.08. The van der Waals surface area contributed by atoms with Gasteiger partial charge in [0.15, 0.2) is 5.96 Å². The molecule has 2 N–H and O–H groups in total. The molecule has 0 saturated carbocycles. The summed E-state index contributed by atoms with van der Waals surface area (Å²) in [5.74, 6) is 1.86. The highest BCUT2D eigenvalue weighted by Gasteiger charge is 2.07. The fraction of sp³-hybridized carbons (Fsp3) is 0.500. The number of nitrogens with zero attached hydrogens (tertiary/aromatic N) is 3. The molecule has 0 unspecified atom stereocenters. The van der Waals surface area contributed by atoms with E-state index >= 15 is 0 Å². The first-order valence-corrected chi connectivity index (χ1v) is 9.55. The van der Waals surface area contributed by atoms with Crippen LogP contribution in [0.3, 0.4) is 0 Å². The van der Waals surface area contributed by atoms with E-state index in [2.05, 4.69) is 44.8 Å².